The molecule has 1 N–H and O–H groups in total. The molecule has 3 rings (SSSR count). The number of benzene rings is 2. The second-order valence-electron chi connectivity index (χ2n) is 6.71. The highest BCUT2D eigenvalue weighted by atomic mass is 127. The SMILES string of the molecule is O=C(CN(C1CCCCC1)S(=O)(=O)c1ccccc1)Nc1ccc(I)cc1. The van der Waals surface area contributed by atoms with E-state index in [1.165, 1.54) is 4.31 Å². The fourth-order valence-electron chi connectivity index (χ4n) is 3.38. The Bertz CT molecular complexity index is 864. The molecule has 0 bridgehead atoms. The maximum atomic E-state index is 13.2. The zero-order valence-corrected chi connectivity index (χ0v) is 17.9. The topological polar surface area (TPSA) is 66.5 Å². The van der Waals surface area contributed by atoms with E-state index in [-0.39, 0.29) is 23.4 Å². The predicted molar refractivity (Wildman–Crippen MR) is 115 cm³/mol. The molecule has 5 nitrogen and oxygen atoms in total. The third-order valence-electron chi connectivity index (χ3n) is 4.76. The Morgan fingerprint density at radius 2 is 1.63 bits per heavy atom. The van der Waals surface area contributed by atoms with Crippen molar-refractivity contribution < 1.29 is 13.2 Å². The molecule has 0 unspecified atom stereocenters. The third kappa shape index (κ3) is 5.30. The normalized spacial score (nSPS) is 15.6. The van der Waals surface area contributed by atoms with Crippen LogP contribution in [-0.4, -0.2) is 31.2 Å². The van der Waals surface area contributed by atoms with Crippen molar-refractivity contribution >= 4 is 44.2 Å². The molecule has 1 fully saturated rings. The monoisotopic (exact) mass is 498 g/mol. The average molecular weight is 498 g/mol. The van der Waals surface area contributed by atoms with Gasteiger partial charge in [0, 0.05) is 15.3 Å². The first-order valence-corrected chi connectivity index (χ1v) is 11.6. The fraction of sp³-hybridized carbons (Fsp3) is 0.350. The summed E-state index contributed by atoms with van der Waals surface area (Å²) in [7, 11) is -3.72. The number of nitrogens with zero attached hydrogens (tertiary/aromatic N) is 1. The molecule has 1 aliphatic carbocycles. The molecule has 0 heterocycles. The summed E-state index contributed by atoms with van der Waals surface area (Å²) in [6.07, 6.45) is 4.69. The van der Waals surface area contributed by atoms with Crippen LogP contribution in [0.25, 0.3) is 0 Å². The van der Waals surface area contributed by atoms with Crippen molar-refractivity contribution in [3.8, 4) is 0 Å². The van der Waals surface area contributed by atoms with Gasteiger partial charge >= 0.3 is 0 Å². The molecule has 1 amide bonds. The summed E-state index contributed by atoms with van der Waals surface area (Å²) in [6, 6.07) is 15.7. The van der Waals surface area contributed by atoms with Crippen molar-refractivity contribution in [2.45, 2.75) is 43.0 Å². The molecular formula is C20H23IN2O3S. The Morgan fingerprint density at radius 1 is 1.00 bits per heavy atom. The summed E-state index contributed by atoms with van der Waals surface area (Å²) in [5, 5.41) is 2.81. The number of nitrogens with one attached hydrogen (secondary N) is 1. The van der Waals surface area contributed by atoms with Crippen molar-refractivity contribution in [3.63, 3.8) is 0 Å². The lowest BCUT2D eigenvalue weighted by molar-refractivity contribution is -0.116. The van der Waals surface area contributed by atoms with Crippen LogP contribution in [0.3, 0.4) is 0 Å². The highest BCUT2D eigenvalue weighted by molar-refractivity contribution is 14.1. The second kappa shape index (κ2) is 9.16. The van der Waals surface area contributed by atoms with Gasteiger partial charge in [0.05, 0.1) is 11.4 Å². The van der Waals surface area contributed by atoms with E-state index in [1.54, 1.807) is 30.3 Å². The van der Waals surface area contributed by atoms with Gasteiger partial charge in [-0.05, 0) is 71.8 Å². The minimum atomic E-state index is -3.72. The summed E-state index contributed by atoms with van der Waals surface area (Å²) in [4.78, 5) is 12.8. The van der Waals surface area contributed by atoms with Gasteiger partial charge in [-0.1, -0.05) is 37.5 Å². The number of hydrogen-bond acceptors (Lipinski definition) is 3. The minimum Gasteiger partial charge on any atom is -0.325 e. The van der Waals surface area contributed by atoms with Crippen LogP contribution in [0.4, 0.5) is 5.69 Å². The smallest absolute Gasteiger partial charge is 0.243 e. The quantitative estimate of drug-likeness (QED) is 0.606. The Kier molecular flexibility index (Phi) is 6.88. The van der Waals surface area contributed by atoms with Crippen LogP contribution in [0, 0.1) is 3.57 Å². The van der Waals surface area contributed by atoms with E-state index < -0.39 is 10.0 Å². The van der Waals surface area contributed by atoms with Gasteiger partial charge in [-0.2, -0.15) is 4.31 Å². The predicted octanol–water partition coefficient (Wildman–Crippen LogP) is 4.25. The van der Waals surface area contributed by atoms with Crippen molar-refractivity contribution in [3.05, 3.63) is 58.2 Å². The zero-order valence-electron chi connectivity index (χ0n) is 15.0. The van der Waals surface area contributed by atoms with Gasteiger partial charge in [0.2, 0.25) is 15.9 Å². The van der Waals surface area contributed by atoms with Crippen molar-refractivity contribution in [2.75, 3.05) is 11.9 Å². The average Bonchev–Trinajstić information content (AvgIpc) is 2.69. The van der Waals surface area contributed by atoms with Gasteiger partial charge in [-0.15, -0.1) is 0 Å². The lowest BCUT2D eigenvalue weighted by Gasteiger charge is -2.33. The molecule has 0 aromatic heterocycles. The number of carbonyl (C=O) groups excluding carboxylic acids is 1. The van der Waals surface area contributed by atoms with E-state index in [0.717, 1.165) is 35.7 Å². The molecule has 0 saturated heterocycles. The molecule has 27 heavy (non-hydrogen) atoms. The van der Waals surface area contributed by atoms with Crippen molar-refractivity contribution in [1.82, 2.24) is 4.31 Å². The van der Waals surface area contributed by atoms with Gasteiger partial charge in [0.1, 0.15) is 0 Å². The van der Waals surface area contributed by atoms with E-state index in [2.05, 4.69) is 27.9 Å². The Hall–Kier alpha value is -1.45. The standard InChI is InChI=1S/C20H23IN2O3S/c21-16-11-13-17(14-12-16)22-20(24)15-23(18-7-3-1-4-8-18)27(25,26)19-9-5-2-6-10-19/h2,5-6,9-14,18H,1,3-4,7-8,15H2,(H,22,24). The summed E-state index contributed by atoms with van der Waals surface area (Å²) in [5.41, 5.74) is 0.668. The van der Waals surface area contributed by atoms with Crippen LogP contribution in [0.1, 0.15) is 32.1 Å². The molecule has 1 saturated carbocycles. The van der Waals surface area contributed by atoms with Crippen LogP contribution in [0.15, 0.2) is 59.5 Å². The summed E-state index contributed by atoms with van der Waals surface area (Å²) < 4.78 is 28.9. The molecule has 0 radical (unpaired) electrons. The lowest BCUT2D eigenvalue weighted by atomic mass is 9.95. The molecular weight excluding hydrogens is 475 g/mol. The summed E-state index contributed by atoms with van der Waals surface area (Å²) >= 11 is 2.20. The molecule has 2 aromatic carbocycles. The number of rotatable bonds is 6. The zero-order chi connectivity index (χ0) is 19.3. The summed E-state index contributed by atoms with van der Waals surface area (Å²) in [5.74, 6) is -0.318. The van der Waals surface area contributed by atoms with Crippen LogP contribution in [-0.2, 0) is 14.8 Å². The van der Waals surface area contributed by atoms with Gasteiger partial charge < -0.3 is 5.32 Å². The number of carbonyl (C=O) groups is 1. The van der Waals surface area contributed by atoms with Gasteiger partial charge in [-0.25, -0.2) is 8.42 Å². The lowest BCUT2D eigenvalue weighted by Crippen LogP contribution is -2.45. The molecule has 0 aliphatic heterocycles. The van der Waals surface area contributed by atoms with E-state index in [9.17, 15) is 13.2 Å². The second-order valence-corrected chi connectivity index (χ2v) is 9.85. The van der Waals surface area contributed by atoms with Crippen molar-refractivity contribution in [1.29, 1.82) is 0 Å². The maximum absolute atomic E-state index is 13.2. The molecule has 7 heteroatoms. The highest BCUT2D eigenvalue weighted by Crippen LogP contribution is 2.27. The first kappa shape index (κ1) is 20.3. The first-order chi connectivity index (χ1) is 13.0. The van der Waals surface area contributed by atoms with Crippen LogP contribution < -0.4 is 5.32 Å². The van der Waals surface area contributed by atoms with Crippen LogP contribution in [0.5, 0.6) is 0 Å². The third-order valence-corrected chi connectivity index (χ3v) is 7.39. The minimum absolute atomic E-state index is 0.133. The van der Waals surface area contributed by atoms with Gasteiger partial charge in [-0.3, -0.25) is 4.79 Å². The van der Waals surface area contributed by atoms with Gasteiger partial charge in [0.15, 0.2) is 0 Å². The number of amides is 1. The number of anilines is 1. The molecule has 0 spiro atoms. The Labute approximate surface area is 174 Å². The van der Waals surface area contributed by atoms with Crippen molar-refractivity contribution in [2.24, 2.45) is 0 Å². The highest BCUT2D eigenvalue weighted by Gasteiger charge is 2.33. The molecule has 2 aromatic rings. The van der Waals surface area contributed by atoms with E-state index >= 15 is 0 Å². The maximum Gasteiger partial charge on any atom is 0.243 e. The largest absolute Gasteiger partial charge is 0.325 e. The van der Waals surface area contributed by atoms with E-state index in [4.69, 9.17) is 0 Å². The molecule has 1 aliphatic rings. The van der Waals surface area contributed by atoms with Gasteiger partial charge in [0.25, 0.3) is 0 Å². The molecule has 144 valence electrons. The summed E-state index contributed by atoms with van der Waals surface area (Å²) in [6.45, 7) is -0.173. The fourth-order valence-corrected chi connectivity index (χ4v) is 5.40. The number of hydrogen-bond donors (Lipinski definition) is 1. The van der Waals surface area contributed by atoms with E-state index in [0.29, 0.717) is 5.69 Å². The van der Waals surface area contributed by atoms with Crippen LogP contribution >= 0.6 is 22.6 Å². The Balaban J connectivity index is 1.81. The Morgan fingerprint density at radius 3 is 2.26 bits per heavy atom. The number of sulfonamides is 1. The first-order valence-electron chi connectivity index (χ1n) is 9.09. The molecule has 0 atom stereocenters. The van der Waals surface area contributed by atoms with E-state index in [1.807, 2.05) is 24.3 Å². The number of halogens is 1. The van der Waals surface area contributed by atoms with Crippen LogP contribution in [0.2, 0.25) is 0 Å².